The third kappa shape index (κ3) is 2.15. The Morgan fingerprint density at radius 1 is 1.27 bits per heavy atom. The van der Waals surface area contributed by atoms with Gasteiger partial charge in [-0.05, 0) is 32.0 Å². The van der Waals surface area contributed by atoms with Crippen LogP contribution in [0.15, 0.2) is 36.8 Å². The first-order valence-corrected chi connectivity index (χ1v) is 4.89. The average Bonchev–Trinajstić information content (AvgIpc) is 2.70. The number of pyridine rings is 1. The highest BCUT2D eigenvalue weighted by molar-refractivity contribution is 5.39. The Kier molecular flexibility index (Phi) is 2.67. The maximum atomic E-state index is 5.65. The van der Waals surface area contributed by atoms with Crippen LogP contribution in [0, 0.1) is 0 Å². The molecule has 78 valence electrons. The van der Waals surface area contributed by atoms with Crippen LogP contribution in [-0.4, -0.2) is 20.9 Å². The summed E-state index contributed by atoms with van der Waals surface area (Å²) in [6.07, 6.45) is 5.41. The van der Waals surface area contributed by atoms with Crippen LogP contribution in [-0.2, 0) is 0 Å². The van der Waals surface area contributed by atoms with E-state index in [1.165, 1.54) is 0 Å². The van der Waals surface area contributed by atoms with Crippen molar-refractivity contribution in [2.75, 3.05) is 0 Å². The summed E-state index contributed by atoms with van der Waals surface area (Å²) in [5.74, 6) is 1.47. The second-order valence-corrected chi connectivity index (χ2v) is 3.44. The normalized spacial score (nSPS) is 10.6. The fourth-order valence-electron chi connectivity index (χ4n) is 1.29. The van der Waals surface area contributed by atoms with E-state index in [2.05, 4.69) is 10.1 Å². The summed E-state index contributed by atoms with van der Waals surface area (Å²) in [5.41, 5.74) is 0. The van der Waals surface area contributed by atoms with E-state index in [9.17, 15) is 0 Å². The van der Waals surface area contributed by atoms with Gasteiger partial charge >= 0.3 is 0 Å². The molecule has 0 radical (unpaired) electrons. The topological polar surface area (TPSA) is 39.9 Å². The van der Waals surface area contributed by atoms with Gasteiger partial charge in [-0.1, -0.05) is 0 Å². The number of ether oxygens (including phenoxy) is 1. The van der Waals surface area contributed by atoms with Gasteiger partial charge < -0.3 is 4.74 Å². The molecule has 0 N–H and O–H groups in total. The van der Waals surface area contributed by atoms with Crippen molar-refractivity contribution in [3.05, 3.63) is 36.8 Å². The molecule has 0 bridgehead atoms. The third-order valence-corrected chi connectivity index (χ3v) is 1.83. The highest BCUT2D eigenvalue weighted by atomic mass is 16.5. The van der Waals surface area contributed by atoms with Crippen LogP contribution in [0.25, 0.3) is 5.82 Å². The minimum atomic E-state index is 0.128. The van der Waals surface area contributed by atoms with Crippen LogP contribution in [0.2, 0.25) is 0 Å². The van der Waals surface area contributed by atoms with Gasteiger partial charge in [0.1, 0.15) is 0 Å². The van der Waals surface area contributed by atoms with E-state index < -0.39 is 0 Å². The first kappa shape index (κ1) is 9.71. The minimum absolute atomic E-state index is 0.128. The third-order valence-electron chi connectivity index (χ3n) is 1.83. The van der Waals surface area contributed by atoms with E-state index in [4.69, 9.17) is 4.74 Å². The van der Waals surface area contributed by atoms with Gasteiger partial charge in [-0.2, -0.15) is 5.10 Å². The smallest absolute Gasteiger partial charge is 0.196 e. The minimum Gasteiger partial charge on any atom is -0.487 e. The molecular formula is C11H13N3O. The van der Waals surface area contributed by atoms with Gasteiger partial charge in [-0.25, -0.2) is 9.67 Å². The summed E-state index contributed by atoms with van der Waals surface area (Å²) in [6, 6.07) is 5.60. The lowest BCUT2D eigenvalue weighted by Gasteiger charge is -2.12. The lowest BCUT2D eigenvalue weighted by Crippen LogP contribution is -2.09. The SMILES string of the molecule is CC(C)Oc1cccnc1-n1cccn1. The maximum absolute atomic E-state index is 5.65. The number of rotatable bonds is 3. The van der Waals surface area contributed by atoms with Crippen LogP contribution in [0.5, 0.6) is 5.75 Å². The molecular weight excluding hydrogens is 190 g/mol. The quantitative estimate of drug-likeness (QED) is 0.766. The fourth-order valence-corrected chi connectivity index (χ4v) is 1.29. The zero-order valence-corrected chi connectivity index (χ0v) is 8.79. The molecule has 0 aliphatic heterocycles. The Morgan fingerprint density at radius 2 is 2.13 bits per heavy atom. The van der Waals surface area contributed by atoms with E-state index in [1.807, 2.05) is 38.2 Å². The van der Waals surface area contributed by atoms with Crippen molar-refractivity contribution in [2.24, 2.45) is 0 Å². The van der Waals surface area contributed by atoms with E-state index in [1.54, 1.807) is 17.1 Å². The summed E-state index contributed by atoms with van der Waals surface area (Å²) in [6.45, 7) is 3.97. The van der Waals surface area contributed by atoms with Crippen molar-refractivity contribution in [1.29, 1.82) is 0 Å². The number of hydrogen-bond acceptors (Lipinski definition) is 3. The molecule has 0 aromatic carbocycles. The second kappa shape index (κ2) is 4.13. The first-order valence-electron chi connectivity index (χ1n) is 4.89. The molecule has 0 atom stereocenters. The second-order valence-electron chi connectivity index (χ2n) is 3.44. The molecule has 0 saturated heterocycles. The molecule has 0 unspecified atom stereocenters. The van der Waals surface area contributed by atoms with Crippen LogP contribution in [0.1, 0.15) is 13.8 Å². The lowest BCUT2D eigenvalue weighted by molar-refractivity contribution is 0.240. The maximum Gasteiger partial charge on any atom is 0.196 e. The largest absolute Gasteiger partial charge is 0.487 e. The average molecular weight is 203 g/mol. The molecule has 0 amide bonds. The van der Waals surface area contributed by atoms with Crippen molar-refractivity contribution in [2.45, 2.75) is 20.0 Å². The van der Waals surface area contributed by atoms with E-state index in [0.717, 1.165) is 11.6 Å². The lowest BCUT2D eigenvalue weighted by atomic mass is 10.4. The predicted octanol–water partition coefficient (Wildman–Crippen LogP) is 2.05. The number of aromatic nitrogens is 3. The van der Waals surface area contributed by atoms with Crippen molar-refractivity contribution >= 4 is 0 Å². The molecule has 0 saturated carbocycles. The van der Waals surface area contributed by atoms with Crippen molar-refractivity contribution in [1.82, 2.24) is 14.8 Å². The van der Waals surface area contributed by atoms with Gasteiger partial charge in [0.25, 0.3) is 0 Å². The van der Waals surface area contributed by atoms with E-state index >= 15 is 0 Å². The van der Waals surface area contributed by atoms with Crippen LogP contribution < -0.4 is 4.74 Å². The summed E-state index contributed by atoms with van der Waals surface area (Å²) >= 11 is 0. The van der Waals surface area contributed by atoms with Crippen LogP contribution in [0.3, 0.4) is 0 Å². The number of hydrogen-bond donors (Lipinski definition) is 0. The molecule has 2 rings (SSSR count). The van der Waals surface area contributed by atoms with Crippen molar-refractivity contribution in [3.8, 4) is 11.6 Å². The standard InChI is InChI=1S/C11H13N3O/c1-9(2)15-10-5-3-6-12-11(10)14-8-4-7-13-14/h3-9H,1-2H3. The summed E-state index contributed by atoms with van der Waals surface area (Å²) in [5, 5.41) is 4.13. The van der Waals surface area contributed by atoms with Crippen molar-refractivity contribution in [3.63, 3.8) is 0 Å². The molecule has 4 nitrogen and oxygen atoms in total. The van der Waals surface area contributed by atoms with E-state index in [0.29, 0.717) is 0 Å². The zero-order chi connectivity index (χ0) is 10.7. The zero-order valence-electron chi connectivity index (χ0n) is 8.79. The molecule has 2 aromatic heterocycles. The van der Waals surface area contributed by atoms with Gasteiger partial charge in [0.15, 0.2) is 11.6 Å². The molecule has 2 heterocycles. The van der Waals surface area contributed by atoms with E-state index in [-0.39, 0.29) is 6.10 Å². The molecule has 2 aromatic rings. The molecule has 0 aliphatic rings. The Balaban J connectivity index is 2.38. The fraction of sp³-hybridized carbons (Fsp3) is 0.273. The Labute approximate surface area is 88.5 Å². The molecule has 0 fully saturated rings. The van der Waals surface area contributed by atoms with Gasteiger partial charge in [-0.15, -0.1) is 0 Å². The molecule has 4 heteroatoms. The highest BCUT2D eigenvalue weighted by Gasteiger charge is 2.07. The van der Waals surface area contributed by atoms with Gasteiger partial charge in [0.05, 0.1) is 6.10 Å². The summed E-state index contributed by atoms with van der Waals surface area (Å²) in [7, 11) is 0. The highest BCUT2D eigenvalue weighted by Crippen LogP contribution is 2.19. The van der Waals surface area contributed by atoms with Gasteiger partial charge in [-0.3, -0.25) is 0 Å². The van der Waals surface area contributed by atoms with Crippen molar-refractivity contribution < 1.29 is 4.74 Å². The Bertz CT molecular complexity index is 423. The predicted molar refractivity (Wildman–Crippen MR) is 57.1 cm³/mol. The summed E-state index contributed by atoms with van der Waals surface area (Å²) < 4.78 is 7.34. The molecule has 0 spiro atoms. The monoisotopic (exact) mass is 203 g/mol. The Hall–Kier alpha value is -1.84. The van der Waals surface area contributed by atoms with Gasteiger partial charge in [0, 0.05) is 18.6 Å². The summed E-state index contributed by atoms with van der Waals surface area (Å²) in [4.78, 5) is 4.25. The first-order chi connectivity index (χ1) is 7.27. The molecule has 0 aliphatic carbocycles. The van der Waals surface area contributed by atoms with Crippen LogP contribution in [0.4, 0.5) is 0 Å². The van der Waals surface area contributed by atoms with Crippen LogP contribution >= 0.6 is 0 Å². The number of nitrogens with zero attached hydrogens (tertiary/aromatic N) is 3. The Morgan fingerprint density at radius 3 is 2.80 bits per heavy atom. The van der Waals surface area contributed by atoms with Gasteiger partial charge in [0.2, 0.25) is 0 Å². The molecule has 15 heavy (non-hydrogen) atoms.